The summed E-state index contributed by atoms with van der Waals surface area (Å²) in [5, 5.41) is 29.1. The van der Waals surface area contributed by atoms with E-state index in [1.165, 1.54) is 0 Å². The number of nitrogens with two attached hydrogens (primary N) is 1. The molecule has 0 aliphatic carbocycles. The Balaban J connectivity index is 0.00000364. The van der Waals surface area contributed by atoms with Crippen molar-refractivity contribution in [2.75, 3.05) is 11.9 Å². The molecule has 1 unspecified atom stereocenters. The highest BCUT2D eigenvalue weighted by Gasteiger charge is 2.59. The molecule has 1 aromatic heterocycles. The van der Waals surface area contributed by atoms with Gasteiger partial charge in [-0.05, 0) is 6.07 Å². The largest absolute Gasteiger partial charge is 0.480 e. The van der Waals surface area contributed by atoms with E-state index in [1.54, 1.807) is 0 Å². The second-order valence-electron chi connectivity index (χ2n) is 5.53. The lowest BCUT2D eigenvalue weighted by Gasteiger charge is -2.21. The van der Waals surface area contributed by atoms with Crippen molar-refractivity contribution in [3.8, 4) is 0 Å². The summed E-state index contributed by atoms with van der Waals surface area (Å²) in [7, 11) is 0. The summed E-state index contributed by atoms with van der Waals surface area (Å²) in [6.45, 7) is -0.882. The van der Waals surface area contributed by atoms with Gasteiger partial charge in [-0.1, -0.05) is 7.43 Å². The lowest BCUT2D eigenvalue weighted by atomic mass is 10.1. The van der Waals surface area contributed by atoms with E-state index in [0.717, 1.165) is 12.3 Å². The Morgan fingerprint density at radius 2 is 2.11 bits per heavy atom. The van der Waals surface area contributed by atoms with E-state index < -0.39 is 61.0 Å². The smallest absolute Gasteiger partial charge is 0.351 e. The number of carbonyl (C=O) groups excluding carboxylic acids is 1. The van der Waals surface area contributed by atoms with E-state index in [1.807, 2.05) is 0 Å². The molecule has 0 aromatic carbocycles. The molecule has 1 aromatic rings. The number of alkyl halides is 2. The van der Waals surface area contributed by atoms with Crippen LogP contribution in [-0.4, -0.2) is 67.5 Å². The number of carbonyl (C=O) groups is 2. The summed E-state index contributed by atoms with van der Waals surface area (Å²) in [4.78, 5) is 37.5. The van der Waals surface area contributed by atoms with Crippen LogP contribution >= 0.6 is 0 Å². The fourth-order valence-corrected chi connectivity index (χ4v) is 2.26. The van der Waals surface area contributed by atoms with Crippen LogP contribution in [0.5, 0.6) is 0 Å². The summed E-state index contributed by atoms with van der Waals surface area (Å²) in [5.41, 5.74) is 3.96. The van der Waals surface area contributed by atoms with E-state index in [4.69, 9.17) is 20.7 Å². The molecule has 1 aliphatic heterocycles. The zero-order valence-electron chi connectivity index (χ0n) is 13.1. The monoisotopic (exact) mass is 394 g/mol. The van der Waals surface area contributed by atoms with Gasteiger partial charge < -0.3 is 31.1 Å². The molecule has 1 amide bonds. The quantitative estimate of drug-likeness (QED) is 0.384. The highest BCUT2D eigenvalue weighted by molar-refractivity contribution is 5.93. The van der Waals surface area contributed by atoms with Crippen molar-refractivity contribution in [3.63, 3.8) is 0 Å². The molecule has 11 nitrogen and oxygen atoms in total. The first-order valence-electron chi connectivity index (χ1n) is 7.27. The van der Waals surface area contributed by atoms with Gasteiger partial charge in [0.05, 0.1) is 13.0 Å². The van der Waals surface area contributed by atoms with Crippen molar-refractivity contribution >= 4 is 17.7 Å². The minimum atomic E-state index is -3.86. The molecule has 0 radical (unpaired) electrons. The molecule has 0 spiro atoms. The molecule has 1 aliphatic rings. The number of aliphatic hydroxyl groups excluding tert-OH is 2. The predicted molar refractivity (Wildman–Crippen MR) is 86.0 cm³/mol. The van der Waals surface area contributed by atoms with Crippen molar-refractivity contribution in [2.45, 2.75) is 44.2 Å². The molecule has 2 heterocycles. The van der Waals surface area contributed by atoms with Crippen LogP contribution in [0.3, 0.4) is 0 Å². The number of aliphatic hydroxyl groups is 2. The lowest BCUT2D eigenvalue weighted by Crippen LogP contribution is -2.42. The molecule has 152 valence electrons. The molecule has 13 heteroatoms. The summed E-state index contributed by atoms with van der Waals surface area (Å²) in [5.74, 6) is -6.42. The van der Waals surface area contributed by atoms with Crippen molar-refractivity contribution in [1.82, 2.24) is 9.55 Å². The van der Waals surface area contributed by atoms with Gasteiger partial charge in [0.15, 0.2) is 6.10 Å². The molecule has 0 bridgehead atoms. The van der Waals surface area contributed by atoms with Crippen molar-refractivity contribution in [3.05, 3.63) is 22.7 Å². The number of halogens is 2. The molecule has 1 saturated heterocycles. The number of aromatic nitrogens is 2. The van der Waals surface area contributed by atoms with E-state index in [2.05, 4.69) is 10.3 Å². The summed E-state index contributed by atoms with van der Waals surface area (Å²) >= 11 is 0. The fourth-order valence-electron chi connectivity index (χ4n) is 2.26. The fraction of sp³-hybridized carbons (Fsp3) is 0.571. The van der Waals surface area contributed by atoms with Crippen LogP contribution in [0, 0.1) is 0 Å². The molecule has 1 fully saturated rings. The number of rotatable bonds is 6. The number of carboxylic acid groups (broad SMARTS) is 1. The summed E-state index contributed by atoms with van der Waals surface area (Å²) in [6, 6.07) is -0.457. The Morgan fingerprint density at radius 3 is 2.59 bits per heavy atom. The number of carboxylic acids is 1. The van der Waals surface area contributed by atoms with E-state index >= 15 is 0 Å². The second kappa shape index (κ2) is 8.47. The standard InChI is InChI=1S/C13H16F2N4O7.CH4/c14-13(15)9(22)6(4-20)26-11(13)19-2-1-7(18-12(19)25)17-8(21)3-5(16)10(23)24;/h1-2,5-6,9,11,20,22H,3-4,16H2,(H,23,24)(H,17,18,21,25);1H4/t5?,6-,9+,11-;/m1./s1. The number of anilines is 1. The van der Waals surface area contributed by atoms with Gasteiger partial charge in [0, 0.05) is 6.20 Å². The third-order valence-corrected chi connectivity index (χ3v) is 3.63. The topological polar surface area (TPSA) is 177 Å². The Labute approximate surface area is 151 Å². The summed E-state index contributed by atoms with van der Waals surface area (Å²) in [6.07, 6.45) is -5.83. The number of amides is 1. The molecule has 2 rings (SSSR count). The number of nitrogens with zero attached hydrogens (tertiary/aromatic N) is 2. The van der Waals surface area contributed by atoms with Crippen molar-refractivity contribution < 1.29 is 38.4 Å². The van der Waals surface area contributed by atoms with Gasteiger partial charge >= 0.3 is 17.6 Å². The maximum atomic E-state index is 14.0. The Hall–Kier alpha value is -2.48. The van der Waals surface area contributed by atoms with Crippen LogP contribution in [-0.2, 0) is 14.3 Å². The molecular weight excluding hydrogens is 374 g/mol. The third kappa shape index (κ3) is 4.63. The molecule has 0 saturated carbocycles. The zero-order valence-corrected chi connectivity index (χ0v) is 13.1. The first-order chi connectivity index (χ1) is 12.1. The maximum absolute atomic E-state index is 14.0. The van der Waals surface area contributed by atoms with Crippen LogP contribution in [0.4, 0.5) is 14.6 Å². The van der Waals surface area contributed by atoms with E-state index in [-0.39, 0.29) is 13.2 Å². The van der Waals surface area contributed by atoms with Gasteiger partial charge in [-0.25, -0.2) is 4.79 Å². The van der Waals surface area contributed by atoms with Gasteiger partial charge in [-0.2, -0.15) is 13.8 Å². The van der Waals surface area contributed by atoms with Crippen LogP contribution in [0.1, 0.15) is 20.1 Å². The average molecular weight is 394 g/mol. The molecular formula is C14H20F2N4O7. The minimum Gasteiger partial charge on any atom is -0.480 e. The average Bonchev–Trinajstić information content (AvgIpc) is 2.77. The lowest BCUT2D eigenvalue weighted by molar-refractivity contribution is -0.141. The zero-order chi connectivity index (χ0) is 19.6. The van der Waals surface area contributed by atoms with Crippen LogP contribution in [0.25, 0.3) is 0 Å². The van der Waals surface area contributed by atoms with Gasteiger partial charge in [0.25, 0.3) is 0 Å². The van der Waals surface area contributed by atoms with Crippen LogP contribution < -0.4 is 16.7 Å². The number of aliphatic carboxylic acids is 1. The first kappa shape index (κ1) is 22.6. The molecule has 4 atom stereocenters. The third-order valence-electron chi connectivity index (χ3n) is 3.63. The van der Waals surface area contributed by atoms with Gasteiger partial charge in [0.1, 0.15) is 18.0 Å². The van der Waals surface area contributed by atoms with E-state index in [0.29, 0.717) is 4.57 Å². The summed E-state index contributed by atoms with van der Waals surface area (Å²) < 4.78 is 33.3. The minimum absolute atomic E-state index is 0. The van der Waals surface area contributed by atoms with Gasteiger partial charge in [-0.3, -0.25) is 14.2 Å². The van der Waals surface area contributed by atoms with Crippen LogP contribution in [0.2, 0.25) is 0 Å². The van der Waals surface area contributed by atoms with Crippen molar-refractivity contribution in [1.29, 1.82) is 0 Å². The normalized spacial score (nSPS) is 24.7. The Bertz CT molecular complexity index is 757. The second-order valence-corrected chi connectivity index (χ2v) is 5.53. The number of ether oxygens (including phenoxy) is 1. The first-order valence-corrected chi connectivity index (χ1v) is 7.27. The molecule has 6 N–H and O–H groups in total. The van der Waals surface area contributed by atoms with Gasteiger partial charge in [-0.15, -0.1) is 0 Å². The number of hydrogen-bond donors (Lipinski definition) is 5. The Kier molecular flexibility index (Phi) is 7.08. The highest BCUT2D eigenvalue weighted by Crippen LogP contribution is 2.41. The van der Waals surface area contributed by atoms with Gasteiger partial charge in [0.2, 0.25) is 12.1 Å². The maximum Gasteiger partial charge on any atom is 0.351 e. The molecule has 27 heavy (non-hydrogen) atoms. The highest BCUT2D eigenvalue weighted by atomic mass is 19.3. The van der Waals surface area contributed by atoms with Crippen molar-refractivity contribution in [2.24, 2.45) is 5.73 Å². The van der Waals surface area contributed by atoms with Crippen LogP contribution in [0.15, 0.2) is 17.1 Å². The SMILES string of the molecule is C.NC(CC(=O)Nc1ccn([C@@H]2O[C@H](CO)[C@H](O)C2(F)F)c(=O)n1)C(=O)O. The Morgan fingerprint density at radius 1 is 1.48 bits per heavy atom. The predicted octanol–water partition coefficient (Wildman–Crippen LogP) is -1.49. The number of nitrogens with one attached hydrogen (secondary N) is 1. The number of hydrogen-bond acceptors (Lipinski definition) is 8. The van der Waals surface area contributed by atoms with E-state index in [9.17, 15) is 28.3 Å².